The number of amides is 1. The maximum absolute atomic E-state index is 15.5. The van der Waals surface area contributed by atoms with Crippen molar-refractivity contribution in [1.82, 2.24) is 5.32 Å². The van der Waals surface area contributed by atoms with E-state index in [0.29, 0.717) is 12.8 Å². The minimum atomic E-state index is -1.52. The third kappa shape index (κ3) is 23.7. The third-order valence-electron chi connectivity index (χ3n) is 10.7. The molecule has 0 aromatic carbocycles. The Kier molecular flexibility index (Phi) is 28.0. The number of aliphatic hydroxyl groups excluding tert-OH is 4. The van der Waals surface area contributed by atoms with Crippen LogP contribution in [-0.4, -0.2) is 75.7 Å². The Hall–Kier alpha value is -0.800. The summed E-state index contributed by atoms with van der Waals surface area (Å²) in [5.74, 6) is -0.221. The van der Waals surface area contributed by atoms with Crippen LogP contribution in [0.1, 0.15) is 207 Å². The summed E-state index contributed by atoms with van der Waals surface area (Å²) in [6.45, 7) is 8.06. The van der Waals surface area contributed by atoms with Crippen LogP contribution in [0, 0.1) is 5.41 Å². The first-order valence-electron chi connectivity index (χ1n) is 21.2. The predicted octanol–water partition coefficient (Wildman–Crippen LogP) is 9.64. The van der Waals surface area contributed by atoms with Gasteiger partial charge in [-0.2, -0.15) is 0 Å². The second kappa shape index (κ2) is 29.6. The number of halogens is 1. The smallest absolute Gasteiger partial charge is 0.220 e. The van der Waals surface area contributed by atoms with E-state index in [-0.39, 0.29) is 24.2 Å². The fourth-order valence-corrected chi connectivity index (χ4v) is 7.30. The predicted molar refractivity (Wildman–Crippen MR) is 205 cm³/mol. The van der Waals surface area contributed by atoms with E-state index in [2.05, 4.69) is 33.0 Å². The standard InChI is InChI=1S/C42H82FNO6/c1-5-6-7-8-9-10-11-12-13-14-15-16-17-18-19-20-21-22-23-24-25-26-27-30-38(46)44-35(34(43)29-28-31-42(2,3)4)32-36-39(47)41(49)40(48)37(33-45)50-36/h34-37,39-41,45,47-49H,5-33H2,1-4H3,(H,44,46)/t34-,35-,36?,37-,39+,40+,41-/m1/s1. The number of hydrogen-bond donors (Lipinski definition) is 5. The summed E-state index contributed by atoms with van der Waals surface area (Å²) in [6, 6.07) is -0.895. The lowest BCUT2D eigenvalue weighted by Gasteiger charge is -2.41. The van der Waals surface area contributed by atoms with Gasteiger partial charge in [0.25, 0.3) is 0 Å². The molecular weight excluding hydrogens is 633 g/mol. The normalized spacial score (nSPS) is 22.5. The van der Waals surface area contributed by atoms with Gasteiger partial charge in [0.2, 0.25) is 5.91 Å². The molecule has 0 radical (unpaired) electrons. The highest BCUT2D eigenvalue weighted by Crippen LogP contribution is 2.28. The van der Waals surface area contributed by atoms with Crippen LogP contribution in [0.3, 0.4) is 0 Å². The highest BCUT2D eigenvalue weighted by Gasteiger charge is 2.44. The topological polar surface area (TPSA) is 119 Å². The summed E-state index contributed by atoms with van der Waals surface area (Å²) in [6.07, 6.45) is 24.5. The van der Waals surface area contributed by atoms with Crippen molar-refractivity contribution in [2.24, 2.45) is 5.41 Å². The molecule has 0 bridgehead atoms. The van der Waals surface area contributed by atoms with E-state index in [4.69, 9.17) is 4.74 Å². The van der Waals surface area contributed by atoms with E-state index in [0.717, 1.165) is 25.7 Å². The van der Waals surface area contributed by atoms with Gasteiger partial charge in [0.15, 0.2) is 0 Å². The number of aliphatic hydroxyl groups is 4. The van der Waals surface area contributed by atoms with Gasteiger partial charge in [-0.3, -0.25) is 4.79 Å². The lowest BCUT2D eigenvalue weighted by molar-refractivity contribution is -0.232. The number of unbranched alkanes of at least 4 members (excludes halogenated alkanes) is 22. The Morgan fingerprint density at radius 2 is 1.04 bits per heavy atom. The van der Waals surface area contributed by atoms with E-state index in [1.54, 1.807) is 0 Å². The molecule has 1 aliphatic heterocycles. The summed E-state index contributed by atoms with van der Waals surface area (Å²) in [4.78, 5) is 12.9. The molecule has 8 heteroatoms. The average Bonchev–Trinajstić information content (AvgIpc) is 3.07. The van der Waals surface area contributed by atoms with Gasteiger partial charge in [-0.1, -0.05) is 169 Å². The molecule has 1 rings (SSSR count). The molecule has 1 aliphatic rings. The zero-order valence-corrected chi connectivity index (χ0v) is 33.0. The number of nitrogens with one attached hydrogen (secondary N) is 1. The van der Waals surface area contributed by atoms with Gasteiger partial charge < -0.3 is 30.5 Å². The average molecular weight is 716 g/mol. The Balaban J connectivity index is 2.15. The minimum absolute atomic E-state index is 0.0523. The molecule has 7 nitrogen and oxygen atoms in total. The van der Waals surface area contributed by atoms with Crippen LogP contribution in [0.5, 0.6) is 0 Å². The molecule has 1 saturated heterocycles. The van der Waals surface area contributed by atoms with Crippen molar-refractivity contribution in [3.05, 3.63) is 0 Å². The fourth-order valence-electron chi connectivity index (χ4n) is 7.30. The summed E-state index contributed by atoms with van der Waals surface area (Å²) >= 11 is 0. The Morgan fingerprint density at radius 1 is 0.640 bits per heavy atom. The van der Waals surface area contributed by atoms with Gasteiger partial charge in [0.1, 0.15) is 30.6 Å². The van der Waals surface area contributed by atoms with Crippen molar-refractivity contribution in [3.8, 4) is 0 Å². The molecule has 0 saturated carbocycles. The summed E-state index contributed by atoms with van der Waals surface area (Å²) in [5, 5.41) is 43.2. The second-order valence-corrected chi connectivity index (χ2v) is 16.8. The minimum Gasteiger partial charge on any atom is -0.394 e. The highest BCUT2D eigenvalue weighted by molar-refractivity contribution is 5.76. The molecule has 0 aliphatic carbocycles. The van der Waals surface area contributed by atoms with E-state index in [1.807, 2.05) is 0 Å². The summed E-state index contributed by atoms with van der Waals surface area (Å²) in [5.41, 5.74) is 0.0707. The number of rotatable bonds is 32. The molecule has 50 heavy (non-hydrogen) atoms. The van der Waals surface area contributed by atoms with Crippen LogP contribution in [-0.2, 0) is 9.53 Å². The first-order chi connectivity index (χ1) is 24.0. The number of alkyl halides is 1. The largest absolute Gasteiger partial charge is 0.394 e. The van der Waals surface area contributed by atoms with Crippen molar-refractivity contribution in [2.45, 2.75) is 250 Å². The van der Waals surface area contributed by atoms with Crippen LogP contribution in [0.2, 0.25) is 0 Å². The van der Waals surface area contributed by atoms with Gasteiger partial charge in [-0.25, -0.2) is 4.39 Å². The number of carbonyl (C=O) groups is 1. The van der Waals surface area contributed by atoms with Crippen molar-refractivity contribution in [2.75, 3.05) is 6.61 Å². The van der Waals surface area contributed by atoms with E-state index in [1.165, 1.54) is 128 Å². The third-order valence-corrected chi connectivity index (χ3v) is 10.7. The number of carbonyl (C=O) groups excluding carboxylic acids is 1. The lowest BCUT2D eigenvalue weighted by atomic mass is 9.87. The van der Waals surface area contributed by atoms with E-state index < -0.39 is 49.3 Å². The van der Waals surface area contributed by atoms with Crippen LogP contribution in [0.15, 0.2) is 0 Å². The quantitative estimate of drug-likeness (QED) is 0.0443. The Labute approximate surface area is 307 Å². The van der Waals surface area contributed by atoms with Crippen LogP contribution < -0.4 is 5.32 Å². The molecular formula is C42H82FNO6. The van der Waals surface area contributed by atoms with E-state index >= 15 is 4.39 Å². The lowest BCUT2D eigenvalue weighted by Crippen LogP contribution is -2.60. The molecule has 1 unspecified atom stereocenters. The van der Waals surface area contributed by atoms with Crippen molar-refractivity contribution in [1.29, 1.82) is 0 Å². The van der Waals surface area contributed by atoms with Gasteiger partial charge in [0, 0.05) is 6.42 Å². The number of ether oxygens (including phenoxy) is 1. The van der Waals surface area contributed by atoms with Gasteiger partial charge >= 0.3 is 0 Å². The molecule has 5 N–H and O–H groups in total. The van der Waals surface area contributed by atoms with E-state index in [9.17, 15) is 25.2 Å². The maximum Gasteiger partial charge on any atom is 0.220 e. The molecule has 298 valence electrons. The Morgan fingerprint density at radius 3 is 1.44 bits per heavy atom. The van der Waals surface area contributed by atoms with Crippen LogP contribution in [0.4, 0.5) is 4.39 Å². The molecule has 0 aromatic heterocycles. The molecule has 0 aromatic rings. The first-order valence-corrected chi connectivity index (χ1v) is 21.2. The zero-order chi connectivity index (χ0) is 37.0. The highest BCUT2D eigenvalue weighted by atomic mass is 19.1. The van der Waals surface area contributed by atoms with Crippen molar-refractivity contribution < 1.29 is 34.3 Å². The first kappa shape index (κ1) is 47.2. The van der Waals surface area contributed by atoms with Gasteiger partial charge in [-0.15, -0.1) is 0 Å². The maximum atomic E-state index is 15.5. The van der Waals surface area contributed by atoms with Crippen molar-refractivity contribution >= 4 is 5.91 Å². The summed E-state index contributed by atoms with van der Waals surface area (Å²) < 4.78 is 21.2. The zero-order valence-electron chi connectivity index (χ0n) is 33.0. The van der Waals surface area contributed by atoms with Crippen molar-refractivity contribution in [3.63, 3.8) is 0 Å². The monoisotopic (exact) mass is 716 g/mol. The molecule has 1 heterocycles. The van der Waals surface area contributed by atoms with Crippen LogP contribution in [0.25, 0.3) is 0 Å². The van der Waals surface area contributed by atoms with Crippen LogP contribution >= 0.6 is 0 Å². The Bertz CT molecular complexity index is 793. The second-order valence-electron chi connectivity index (χ2n) is 16.8. The molecule has 1 fully saturated rings. The summed E-state index contributed by atoms with van der Waals surface area (Å²) in [7, 11) is 0. The molecule has 7 atom stereocenters. The number of hydrogen-bond acceptors (Lipinski definition) is 6. The SMILES string of the molecule is CCCCCCCCCCCCCCCCCCCCCCCCCC(=O)N[C@H](CC1O[C@H](CO)[C@H](O)[C@H](O)[C@H]1O)[C@H](F)CCCC(C)(C)C. The van der Waals surface area contributed by atoms with Gasteiger partial charge in [-0.05, 0) is 37.5 Å². The molecule has 1 amide bonds. The molecule has 0 spiro atoms. The fraction of sp³-hybridized carbons (Fsp3) is 0.976. The van der Waals surface area contributed by atoms with Gasteiger partial charge in [0.05, 0.1) is 18.8 Å².